The van der Waals surface area contributed by atoms with Gasteiger partial charge in [0.25, 0.3) is 10.2 Å². The van der Waals surface area contributed by atoms with E-state index in [4.69, 9.17) is 14.2 Å². The number of aromatic nitrogens is 1. The van der Waals surface area contributed by atoms with Crippen molar-refractivity contribution in [3.63, 3.8) is 0 Å². The van der Waals surface area contributed by atoms with Gasteiger partial charge in [-0.15, -0.1) is 0 Å². The maximum absolute atomic E-state index is 12.6. The molecule has 0 radical (unpaired) electrons. The third kappa shape index (κ3) is 6.14. The van der Waals surface area contributed by atoms with Gasteiger partial charge in [0, 0.05) is 31.9 Å². The summed E-state index contributed by atoms with van der Waals surface area (Å²) in [5.74, 6) is 1.78. The van der Waals surface area contributed by atoms with E-state index in [1.54, 1.807) is 30.5 Å². The summed E-state index contributed by atoms with van der Waals surface area (Å²) in [6, 6.07) is 10.7. The number of rotatable bonds is 8. The minimum Gasteiger partial charge on any atom is -0.494 e. The number of hydrogen-bond donors (Lipinski definition) is 1. The van der Waals surface area contributed by atoms with E-state index in [9.17, 15) is 8.42 Å². The molecule has 1 aliphatic rings. The highest BCUT2D eigenvalue weighted by atomic mass is 32.2. The molecule has 9 heteroatoms. The van der Waals surface area contributed by atoms with Gasteiger partial charge in [-0.05, 0) is 56.7 Å². The van der Waals surface area contributed by atoms with Crippen LogP contribution >= 0.6 is 0 Å². The lowest BCUT2D eigenvalue weighted by molar-refractivity contribution is -0.0444. The van der Waals surface area contributed by atoms with Crippen LogP contribution < -0.4 is 14.2 Å². The molecule has 0 bridgehead atoms. The SMILES string of the molecule is CCOc1ccc(Oc2cc(CNS(=O)(=O)N3C[C@@H](C)O[C@H](C)C3)ccn2)cc1. The molecule has 3 rings (SSSR count). The molecule has 29 heavy (non-hydrogen) atoms. The molecular formula is C20H27N3O5S. The lowest BCUT2D eigenvalue weighted by Crippen LogP contribution is -2.51. The van der Waals surface area contributed by atoms with Gasteiger partial charge in [0.05, 0.1) is 18.8 Å². The fraction of sp³-hybridized carbons (Fsp3) is 0.450. The fourth-order valence-corrected chi connectivity index (χ4v) is 4.44. The van der Waals surface area contributed by atoms with E-state index < -0.39 is 10.2 Å². The number of benzene rings is 1. The number of nitrogens with one attached hydrogen (secondary N) is 1. The predicted molar refractivity (Wildman–Crippen MR) is 109 cm³/mol. The van der Waals surface area contributed by atoms with Crippen LogP contribution in [0.2, 0.25) is 0 Å². The highest BCUT2D eigenvalue weighted by Crippen LogP contribution is 2.23. The molecular weight excluding hydrogens is 394 g/mol. The zero-order chi connectivity index (χ0) is 20.9. The first-order chi connectivity index (χ1) is 13.9. The van der Waals surface area contributed by atoms with Crippen molar-refractivity contribution in [3.05, 3.63) is 48.2 Å². The zero-order valence-corrected chi connectivity index (χ0v) is 17.7. The monoisotopic (exact) mass is 421 g/mol. The number of nitrogens with zero attached hydrogens (tertiary/aromatic N) is 2. The van der Waals surface area contributed by atoms with Crippen molar-refractivity contribution in [2.75, 3.05) is 19.7 Å². The average molecular weight is 422 g/mol. The van der Waals surface area contributed by atoms with E-state index in [0.29, 0.717) is 31.3 Å². The first-order valence-electron chi connectivity index (χ1n) is 9.61. The van der Waals surface area contributed by atoms with Crippen LogP contribution in [0.4, 0.5) is 0 Å². The van der Waals surface area contributed by atoms with Crippen molar-refractivity contribution in [1.29, 1.82) is 0 Å². The number of morpholine rings is 1. The minimum atomic E-state index is -3.60. The van der Waals surface area contributed by atoms with Crippen molar-refractivity contribution >= 4 is 10.2 Å². The highest BCUT2D eigenvalue weighted by molar-refractivity contribution is 7.87. The Morgan fingerprint density at radius 2 is 1.79 bits per heavy atom. The Balaban J connectivity index is 1.60. The third-order valence-corrected chi connectivity index (χ3v) is 5.83. The van der Waals surface area contributed by atoms with Gasteiger partial charge < -0.3 is 14.2 Å². The molecule has 1 aliphatic heterocycles. The molecule has 2 aromatic rings. The van der Waals surface area contributed by atoms with Crippen LogP contribution in [-0.4, -0.2) is 49.6 Å². The van der Waals surface area contributed by atoms with Gasteiger partial charge in [-0.25, -0.2) is 4.98 Å². The van der Waals surface area contributed by atoms with Crippen molar-refractivity contribution < 1.29 is 22.6 Å². The third-order valence-electron chi connectivity index (χ3n) is 4.34. The molecule has 1 saturated heterocycles. The molecule has 1 aromatic heterocycles. The Hall–Kier alpha value is -2.20. The minimum absolute atomic E-state index is 0.134. The van der Waals surface area contributed by atoms with E-state index in [1.807, 2.05) is 32.9 Å². The number of pyridine rings is 1. The Kier molecular flexibility index (Phi) is 7.07. The van der Waals surface area contributed by atoms with E-state index in [-0.39, 0.29) is 18.8 Å². The number of ether oxygens (including phenoxy) is 3. The van der Waals surface area contributed by atoms with Crippen LogP contribution in [0.25, 0.3) is 0 Å². The molecule has 0 unspecified atom stereocenters. The molecule has 0 saturated carbocycles. The summed E-state index contributed by atoms with van der Waals surface area (Å²) in [7, 11) is -3.60. The number of hydrogen-bond acceptors (Lipinski definition) is 6. The Bertz CT molecular complexity index is 895. The molecule has 1 N–H and O–H groups in total. The van der Waals surface area contributed by atoms with E-state index in [2.05, 4.69) is 9.71 Å². The lowest BCUT2D eigenvalue weighted by Gasteiger charge is -2.34. The summed E-state index contributed by atoms with van der Waals surface area (Å²) in [6.45, 7) is 7.07. The summed E-state index contributed by atoms with van der Waals surface area (Å²) in [5, 5.41) is 0. The standard InChI is InChI=1S/C20H27N3O5S/c1-4-26-18-5-7-19(8-6-18)28-20-11-17(9-10-21-20)12-22-29(24,25)23-13-15(2)27-16(3)14-23/h5-11,15-16,22H,4,12-14H2,1-3H3/t15-,16-/m1/s1. The molecule has 2 heterocycles. The van der Waals surface area contributed by atoms with Crippen LogP contribution in [0.15, 0.2) is 42.6 Å². The molecule has 158 valence electrons. The van der Waals surface area contributed by atoms with Crippen molar-refractivity contribution in [1.82, 2.24) is 14.0 Å². The topological polar surface area (TPSA) is 90.0 Å². The quantitative estimate of drug-likeness (QED) is 0.705. The van der Waals surface area contributed by atoms with Crippen LogP contribution in [0.3, 0.4) is 0 Å². The highest BCUT2D eigenvalue weighted by Gasteiger charge is 2.30. The predicted octanol–water partition coefficient (Wildman–Crippen LogP) is 2.72. The Morgan fingerprint density at radius 1 is 1.14 bits per heavy atom. The van der Waals surface area contributed by atoms with Crippen LogP contribution in [0.5, 0.6) is 17.4 Å². The summed E-state index contributed by atoms with van der Waals surface area (Å²) in [6.07, 6.45) is 1.32. The largest absolute Gasteiger partial charge is 0.494 e. The van der Waals surface area contributed by atoms with Gasteiger partial charge in [0.1, 0.15) is 11.5 Å². The summed E-state index contributed by atoms with van der Waals surface area (Å²) in [4.78, 5) is 4.19. The second kappa shape index (κ2) is 9.53. The zero-order valence-electron chi connectivity index (χ0n) is 16.9. The normalized spacial score (nSPS) is 20.4. The van der Waals surface area contributed by atoms with Gasteiger partial charge in [-0.3, -0.25) is 0 Å². The smallest absolute Gasteiger partial charge is 0.279 e. The second-order valence-corrected chi connectivity index (χ2v) is 8.66. The molecule has 0 spiro atoms. The summed E-state index contributed by atoms with van der Waals surface area (Å²) < 4.78 is 46.1. The van der Waals surface area contributed by atoms with Crippen LogP contribution in [0.1, 0.15) is 26.3 Å². The lowest BCUT2D eigenvalue weighted by atomic mass is 10.3. The van der Waals surface area contributed by atoms with E-state index in [1.165, 1.54) is 4.31 Å². The van der Waals surface area contributed by atoms with Gasteiger partial charge in [0.15, 0.2) is 0 Å². The first kappa shape index (κ1) is 21.5. The van der Waals surface area contributed by atoms with Gasteiger partial charge >= 0.3 is 0 Å². The van der Waals surface area contributed by atoms with E-state index >= 15 is 0 Å². The van der Waals surface area contributed by atoms with Gasteiger partial charge in [0.2, 0.25) is 5.88 Å². The molecule has 0 aliphatic carbocycles. The molecule has 1 fully saturated rings. The van der Waals surface area contributed by atoms with Crippen molar-refractivity contribution in [3.8, 4) is 17.4 Å². The Morgan fingerprint density at radius 3 is 2.45 bits per heavy atom. The molecule has 0 amide bonds. The van der Waals surface area contributed by atoms with Crippen molar-refractivity contribution in [2.45, 2.75) is 39.5 Å². The van der Waals surface area contributed by atoms with Gasteiger partial charge in [-0.2, -0.15) is 17.4 Å². The van der Waals surface area contributed by atoms with Crippen molar-refractivity contribution in [2.24, 2.45) is 0 Å². The van der Waals surface area contributed by atoms with Crippen LogP contribution in [-0.2, 0) is 21.5 Å². The molecule has 8 nitrogen and oxygen atoms in total. The maximum atomic E-state index is 12.6. The average Bonchev–Trinajstić information content (AvgIpc) is 2.68. The molecule has 2 atom stereocenters. The second-order valence-electron chi connectivity index (χ2n) is 6.91. The maximum Gasteiger partial charge on any atom is 0.279 e. The summed E-state index contributed by atoms with van der Waals surface area (Å²) >= 11 is 0. The fourth-order valence-electron chi connectivity index (χ4n) is 3.10. The molecule has 1 aromatic carbocycles. The first-order valence-corrected chi connectivity index (χ1v) is 11.1. The summed E-state index contributed by atoms with van der Waals surface area (Å²) in [5.41, 5.74) is 0.749. The van der Waals surface area contributed by atoms with E-state index in [0.717, 1.165) is 11.3 Å². The Labute approximate surface area is 172 Å². The van der Waals surface area contributed by atoms with Crippen LogP contribution in [0, 0.1) is 0 Å². The van der Waals surface area contributed by atoms with Gasteiger partial charge in [-0.1, -0.05) is 0 Å².